The molecule has 0 aliphatic carbocycles. The van der Waals surface area contributed by atoms with E-state index in [-0.39, 0.29) is 42.7 Å². The number of benzene rings is 2. The summed E-state index contributed by atoms with van der Waals surface area (Å²) in [6, 6.07) is 13.0. The normalized spacial score (nSPS) is 24.0. The second-order valence-electron chi connectivity index (χ2n) is 10.8. The maximum atomic E-state index is 13.7. The Bertz CT molecular complexity index is 1580. The number of aromatic nitrogens is 2. The summed E-state index contributed by atoms with van der Waals surface area (Å²) in [7, 11) is 0. The number of ether oxygens (including phenoxy) is 5. The molecule has 0 spiro atoms. The van der Waals surface area contributed by atoms with Gasteiger partial charge in [0.1, 0.15) is 35.7 Å². The van der Waals surface area contributed by atoms with E-state index >= 15 is 0 Å². The van der Waals surface area contributed by atoms with Crippen LogP contribution in [0.4, 0.5) is 14.5 Å². The minimum Gasteiger partial charge on any atom is -0.492 e. The molecule has 1 saturated heterocycles. The Balaban J connectivity index is 1.32. The van der Waals surface area contributed by atoms with Crippen LogP contribution in [-0.2, 0) is 26.2 Å². The van der Waals surface area contributed by atoms with Crippen molar-refractivity contribution in [1.82, 2.24) is 9.78 Å². The number of fused-ring (bicyclic) bond motifs is 2. The van der Waals surface area contributed by atoms with Crippen LogP contribution in [0.3, 0.4) is 0 Å². The largest absolute Gasteiger partial charge is 0.586 e. The molecule has 2 N–H and O–H groups in total. The molecule has 1 amide bonds. The van der Waals surface area contributed by atoms with Crippen molar-refractivity contribution >= 4 is 11.6 Å². The first-order valence-electron chi connectivity index (χ1n) is 12.9. The average molecular weight is 572 g/mol. The molecule has 1 fully saturated rings. The molecule has 3 aliphatic rings. The van der Waals surface area contributed by atoms with Crippen LogP contribution in [0, 0.1) is 0 Å². The van der Waals surface area contributed by atoms with E-state index in [1.807, 2.05) is 6.07 Å². The fourth-order valence-corrected chi connectivity index (χ4v) is 4.98. The predicted molar refractivity (Wildman–Crippen MR) is 139 cm³/mol. The summed E-state index contributed by atoms with van der Waals surface area (Å²) < 4.78 is 54.2. The van der Waals surface area contributed by atoms with Gasteiger partial charge in [0.15, 0.2) is 17.3 Å². The molecule has 11 nitrogen and oxygen atoms in total. The summed E-state index contributed by atoms with van der Waals surface area (Å²) in [5.74, 6) is -1.75. The number of nitrogens with zero attached hydrogens (tertiary/aromatic N) is 2. The molecule has 0 bridgehead atoms. The zero-order chi connectivity index (χ0) is 29.2. The third-order valence-electron chi connectivity index (χ3n) is 7.23. The molecule has 0 saturated carbocycles. The van der Waals surface area contributed by atoms with Crippen molar-refractivity contribution < 1.29 is 42.4 Å². The molecule has 6 rings (SSSR count). The van der Waals surface area contributed by atoms with Crippen molar-refractivity contribution in [1.29, 1.82) is 0 Å². The van der Waals surface area contributed by atoms with Gasteiger partial charge in [0.2, 0.25) is 5.91 Å². The highest BCUT2D eigenvalue weighted by Crippen LogP contribution is 2.50. The predicted octanol–water partition coefficient (Wildman–Crippen LogP) is 3.03. The van der Waals surface area contributed by atoms with Crippen molar-refractivity contribution in [3.63, 3.8) is 0 Å². The van der Waals surface area contributed by atoms with Crippen molar-refractivity contribution in [2.75, 3.05) is 18.5 Å². The molecule has 216 valence electrons. The number of halogens is 2. The first kappa shape index (κ1) is 27.1. The topological polar surface area (TPSA) is 130 Å². The van der Waals surface area contributed by atoms with E-state index in [1.165, 1.54) is 18.2 Å². The Morgan fingerprint density at radius 1 is 1.12 bits per heavy atom. The third kappa shape index (κ3) is 5.00. The van der Waals surface area contributed by atoms with Gasteiger partial charge in [-0.15, -0.1) is 8.78 Å². The van der Waals surface area contributed by atoms with Crippen LogP contribution in [0.2, 0.25) is 0 Å². The number of rotatable bonds is 6. The number of amides is 1. The number of hydrogen-bond acceptors (Lipinski definition) is 9. The van der Waals surface area contributed by atoms with Gasteiger partial charge < -0.3 is 34.1 Å². The molecule has 0 radical (unpaired) electrons. The van der Waals surface area contributed by atoms with E-state index in [0.717, 1.165) is 4.68 Å². The highest BCUT2D eigenvalue weighted by Gasteiger charge is 2.49. The summed E-state index contributed by atoms with van der Waals surface area (Å²) in [5.41, 5.74) is -0.786. The Hall–Kier alpha value is -4.07. The second-order valence-corrected chi connectivity index (χ2v) is 10.8. The molecule has 3 atom stereocenters. The van der Waals surface area contributed by atoms with Gasteiger partial charge in [-0.3, -0.25) is 9.59 Å². The van der Waals surface area contributed by atoms with Crippen LogP contribution in [0.15, 0.2) is 53.3 Å². The molecule has 3 aromatic rings. The summed E-state index contributed by atoms with van der Waals surface area (Å²) in [6.45, 7) is 4.79. The van der Waals surface area contributed by atoms with Gasteiger partial charge in [-0.1, -0.05) is 30.3 Å². The SMILES string of the molecule is CC1(C)OC[C@H]([C@H](O)Cn2nc(-c3ccccc3)cc(NC(=O)C3(C)COc4cc5c(cc43)OC(F)(F)O5)c2=O)O1. The lowest BCUT2D eigenvalue weighted by Crippen LogP contribution is -2.42. The van der Waals surface area contributed by atoms with E-state index in [4.69, 9.17) is 14.2 Å². The van der Waals surface area contributed by atoms with Crippen LogP contribution >= 0.6 is 0 Å². The highest BCUT2D eigenvalue weighted by atomic mass is 19.3. The van der Waals surface area contributed by atoms with Gasteiger partial charge in [0.05, 0.1) is 18.8 Å². The minimum atomic E-state index is -3.83. The number of carbonyl (C=O) groups excluding carboxylic acids is 1. The summed E-state index contributed by atoms with van der Waals surface area (Å²) in [4.78, 5) is 27.2. The fraction of sp³-hybridized carbons (Fsp3) is 0.393. The van der Waals surface area contributed by atoms with Gasteiger partial charge in [0.25, 0.3) is 5.56 Å². The van der Waals surface area contributed by atoms with Crippen molar-refractivity contribution in [3.05, 3.63) is 64.4 Å². The monoisotopic (exact) mass is 571 g/mol. The van der Waals surface area contributed by atoms with E-state index in [0.29, 0.717) is 16.8 Å². The number of carbonyl (C=O) groups is 1. The first-order chi connectivity index (χ1) is 19.3. The molecule has 13 heteroatoms. The van der Waals surface area contributed by atoms with Crippen LogP contribution in [0.5, 0.6) is 17.2 Å². The summed E-state index contributed by atoms with van der Waals surface area (Å²) in [5, 5.41) is 18.0. The Labute approximate surface area is 232 Å². The van der Waals surface area contributed by atoms with E-state index in [9.17, 15) is 23.5 Å². The minimum absolute atomic E-state index is 0.0954. The second kappa shape index (κ2) is 9.50. The van der Waals surface area contributed by atoms with Crippen molar-refractivity contribution in [2.24, 2.45) is 0 Å². The van der Waals surface area contributed by atoms with Gasteiger partial charge in [-0.25, -0.2) is 4.68 Å². The summed E-state index contributed by atoms with van der Waals surface area (Å²) in [6.07, 6.45) is -5.66. The third-order valence-corrected chi connectivity index (χ3v) is 7.23. The van der Waals surface area contributed by atoms with Crippen LogP contribution in [-0.4, -0.2) is 58.3 Å². The number of anilines is 1. The molecular weight excluding hydrogens is 544 g/mol. The lowest BCUT2D eigenvalue weighted by molar-refractivity contribution is -0.286. The zero-order valence-electron chi connectivity index (χ0n) is 22.4. The van der Waals surface area contributed by atoms with Gasteiger partial charge in [-0.2, -0.15) is 5.10 Å². The Kier molecular flexibility index (Phi) is 6.28. The zero-order valence-corrected chi connectivity index (χ0v) is 22.4. The number of alkyl halides is 2. The molecule has 3 aliphatic heterocycles. The van der Waals surface area contributed by atoms with Crippen molar-refractivity contribution in [2.45, 2.75) is 57.0 Å². The van der Waals surface area contributed by atoms with Gasteiger partial charge >= 0.3 is 6.29 Å². The maximum absolute atomic E-state index is 13.7. The van der Waals surface area contributed by atoms with Crippen LogP contribution in [0.1, 0.15) is 26.3 Å². The Morgan fingerprint density at radius 2 is 1.83 bits per heavy atom. The van der Waals surface area contributed by atoms with Crippen LogP contribution < -0.4 is 25.1 Å². The molecular formula is C28H27F2N3O8. The number of nitrogens with one attached hydrogen (secondary N) is 1. The van der Waals surface area contributed by atoms with Gasteiger partial charge in [-0.05, 0) is 32.9 Å². The van der Waals surface area contributed by atoms with Gasteiger partial charge in [0, 0.05) is 17.2 Å². The lowest BCUT2D eigenvalue weighted by atomic mass is 9.83. The molecule has 1 unspecified atom stereocenters. The molecule has 41 heavy (non-hydrogen) atoms. The number of aliphatic hydroxyl groups is 1. The fourth-order valence-electron chi connectivity index (χ4n) is 4.98. The number of hydrogen-bond donors (Lipinski definition) is 2. The average Bonchev–Trinajstić information content (AvgIpc) is 3.56. The van der Waals surface area contributed by atoms with E-state index < -0.39 is 41.2 Å². The Morgan fingerprint density at radius 3 is 2.51 bits per heavy atom. The molecule has 2 aromatic carbocycles. The standard InChI is InChI=1S/C28H27F2N3O8/c1-26(2)38-13-23(39-26)19(34)12-33-24(35)18(10-17(32-33)15-7-5-4-6-8-15)31-25(36)27(3)14-37-20-11-22-21(9-16(20)27)40-28(29,30)41-22/h4-11,19,23,34H,12-14H2,1-3H3,(H,31,36)/t19-,23-,27?/m1/s1. The van der Waals surface area contributed by atoms with Crippen molar-refractivity contribution in [3.8, 4) is 28.5 Å². The first-order valence-corrected chi connectivity index (χ1v) is 12.9. The quantitative estimate of drug-likeness (QED) is 0.459. The highest BCUT2D eigenvalue weighted by molar-refractivity contribution is 6.00. The van der Waals surface area contributed by atoms with E-state index in [1.54, 1.807) is 45.0 Å². The van der Waals surface area contributed by atoms with E-state index in [2.05, 4.69) is 19.9 Å². The number of aliphatic hydroxyl groups excluding tert-OH is 1. The smallest absolute Gasteiger partial charge is 0.492 e. The van der Waals surface area contributed by atoms with Crippen LogP contribution in [0.25, 0.3) is 11.3 Å². The molecule has 4 heterocycles. The summed E-state index contributed by atoms with van der Waals surface area (Å²) >= 11 is 0. The maximum Gasteiger partial charge on any atom is 0.586 e. The molecule has 1 aromatic heterocycles. The lowest BCUT2D eigenvalue weighted by Gasteiger charge is -2.23.